The van der Waals surface area contributed by atoms with E-state index in [0.717, 1.165) is 12.8 Å². The number of benzene rings is 1. The molecule has 1 aliphatic rings. The predicted molar refractivity (Wildman–Crippen MR) is 73.2 cm³/mol. The van der Waals surface area contributed by atoms with Crippen LogP contribution in [0.15, 0.2) is 24.3 Å². The number of hydrogen-bond donors (Lipinski definition) is 2. The van der Waals surface area contributed by atoms with E-state index in [9.17, 15) is 9.18 Å². The van der Waals surface area contributed by atoms with Gasteiger partial charge in [0.25, 0.3) is 0 Å². The van der Waals surface area contributed by atoms with Gasteiger partial charge >= 0.3 is 6.03 Å². The summed E-state index contributed by atoms with van der Waals surface area (Å²) in [5.41, 5.74) is 3.45. The molecule has 1 heterocycles. The molecule has 1 fully saturated rings. The quantitative estimate of drug-likeness (QED) is 0.863. The highest BCUT2D eigenvalue weighted by Gasteiger charge is 2.25. The Hall–Kier alpha value is -1.62. The zero-order valence-electron chi connectivity index (χ0n) is 11.3. The number of hydrazine groups is 1. The molecule has 2 rings (SSSR count). The van der Waals surface area contributed by atoms with Crippen molar-refractivity contribution in [3.63, 3.8) is 0 Å². The van der Waals surface area contributed by atoms with Crippen molar-refractivity contribution >= 4 is 11.7 Å². The molecular weight excluding hydrogens is 245 g/mol. The molecule has 0 aliphatic carbocycles. The fourth-order valence-electron chi connectivity index (χ4n) is 2.45. The Labute approximate surface area is 113 Å². The lowest BCUT2D eigenvalue weighted by molar-refractivity contribution is 0.0625. The molecule has 1 saturated heterocycles. The highest BCUT2D eigenvalue weighted by Crippen LogP contribution is 2.20. The Bertz CT molecular complexity index is 425. The Kier molecular flexibility index (Phi) is 4.37. The van der Waals surface area contributed by atoms with Crippen LogP contribution in [0.5, 0.6) is 0 Å². The van der Waals surface area contributed by atoms with E-state index in [1.165, 1.54) is 30.7 Å². The van der Waals surface area contributed by atoms with Gasteiger partial charge in [-0.15, -0.1) is 0 Å². The summed E-state index contributed by atoms with van der Waals surface area (Å²) in [5, 5.41) is 4.69. The third-order valence-corrected chi connectivity index (χ3v) is 3.53. The van der Waals surface area contributed by atoms with Crippen molar-refractivity contribution < 1.29 is 9.18 Å². The summed E-state index contributed by atoms with van der Waals surface area (Å²) >= 11 is 0. The van der Waals surface area contributed by atoms with Gasteiger partial charge < -0.3 is 5.32 Å². The first kappa shape index (κ1) is 13.8. The average Bonchev–Trinajstić information content (AvgIpc) is 2.37. The number of anilines is 1. The Morgan fingerprint density at radius 2 is 1.79 bits per heavy atom. The molecule has 104 valence electrons. The SMILES string of the molecule is C[C@@H]1CCC[C@H](C)N1NC(=O)Nc1ccc(F)cc1. The van der Waals surface area contributed by atoms with Gasteiger partial charge in [0.1, 0.15) is 5.82 Å². The lowest BCUT2D eigenvalue weighted by Crippen LogP contribution is -2.55. The molecule has 4 nitrogen and oxygen atoms in total. The van der Waals surface area contributed by atoms with Crippen LogP contribution in [-0.4, -0.2) is 23.1 Å². The summed E-state index contributed by atoms with van der Waals surface area (Å²) < 4.78 is 12.8. The number of nitrogens with one attached hydrogen (secondary N) is 2. The molecule has 1 aromatic carbocycles. The number of amides is 2. The number of hydrogen-bond acceptors (Lipinski definition) is 2. The molecule has 0 bridgehead atoms. The van der Waals surface area contributed by atoms with Crippen LogP contribution >= 0.6 is 0 Å². The standard InChI is InChI=1S/C14H20FN3O/c1-10-4-3-5-11(2)18(10)17-14(19)16-13-8-6-12(15)7-9-13/h6-11H,3-5H2,1-2H3,(H2,16,17,19)/t10-,11+. The van der Waals surface area contributed by atoms with Crippen LogP contribution in [0, 0.1) is 5.82 Å². The van der Waals surface area contributed by atoms with Crippen LogP contribution in [0.1, 0.15) is 33.1 Å². The third-order valence-electron chi connectivity index (χ3n) is 3.53. The van der Waals surface area contributed by atoms with E-state index in [4.69, 9.17) is 0 Å². The third kappa shape index (κ3) is 3.67. The van der Waals surface area contributed by atoms with Crippen molar-refractivity contribution in [2.75, 3.05) is 5.32 Å². The van der Waals surface area contributed by atoms with Gasteiger partial charge in [0.15, 0.2) is 0 Å². The average molecular weight is 265 g/mol. The zero-order valence-corrected chi connectivity index (χ0v) is 11.3. The summed E-state index contributed by atoms with van der Waals surface area (Å²) in [4.78, 5) is 11.9. The number of rotatable bonds is 2. The second kappa shape index (κ2) is 6.02. The van der Waals surface area contributed by atoms with E-state index >= 15 is 0 Å². The Morgan fingerprint density at radius 3 is 2.37 bits per heavy atom. The topological polar surface area (TPSA) is 44.4 Å². The van der Waals surface area contributed by atoms with Gasteiger partial charge in [-0.2, -0.15) is 0 Å². The number of carbonyl (C=O) groups is 1. The number of piperidine rings is 1. The van der Waals surface area contributed by atoms with Gasteiger partial charge in [-0.3, -0.25) is 5.43 Å². The van der Waals surface area contributed by atoms with E-state index in [1.807, 2.05) is 5.01 Å². The molecule has 0 spiro atoms. The zero-order chi connectivity index (χ0) is 13.8. The molecule has 2 N–H and O–H groups in total. The second-order valence-electron chi connectivity index (χ2n) is 5.11. The summed E-state index contributed by atoms with van der Waals surface area (Å²) in [6.07, 6.45) is 3.36. The van der Waals surface area contributed by atoms with Crippen LogP contribution in [-0.2, 0) is 0 Å². The van der Waals surface area contributed by atoms with Crippen LogP contribution in [0.4, 0.5) is 14.9 Å². The van der Waals surface area contributed by atoms with Crippen LogP contribution in [0.2, 0.25) is 0 Å². The molecule has 2 atom stereocenters. The first-order chi connectivity index (χ1) is 9.06. The number of nitrogens with zero attached hydrogens (tertiary/aromatic N) is 1. The van der Waals surface area contributed by atoms with E-state index in [1.54, 1.807) is 0 Å². The van der Waals surface area contributed by atoms with E-state index in [2.05, 4.69) is 24.6 Å². The van der Waals surface area contributed by atoms with Gasteiger partial charge in [-0.1, -0.05) is 6.42 Å². The van der Waals surface area contributed by atoms with E-state index in [-0.39, 0.29) is 11.8 Å². The van der Waals surface area contributed by atoms with Crippen molar-refractivity contribution in [1.29, 1.82) is 0 Å². The van der Waals surface area contributed by atoms with Crippen molar-refractivity contribution in [3.05, 3.63) is 30.1 Å². The van der Waals surface area contributed by atoms with Crippen molar-refractivity contribution in [2.45, 2.75) is 45.2 Å². The monoisotopic (exact) mass is 265 g/mol. The van der Waals surface area contributed by atoms with Gasteiger partial charge in [-0.05, 0) is 51.0 Å². The van der Waals surface area contributed by atoms with Gasteiger partial charge in [0, 0.05) is 17.8 Å². The molecule has 2 amide bonds. The van der Waals surface area contributed by atoms with Crippen molar-refractivity contribution in [2.24, 2.45) is 0 Å². The first-order valence-corrected chi connectivity index (χ1v) is 6.68. The molecule has 1 aromatic rings. The maximum absolute atomic E-state index is 12.8. The largest absolute Gasteiger partial charge is 0.333 e. The van der Waals surface area contributed by atoms with Crippen LogP contribution in [0.3, 0.4) is 0 Å². The molecule has 5 heteroatoms. The first-order valence-electron chi connectivity index (χ1n) is 6.68. The van der Waals surface area contributed by atoms with Crippen LogP contribution < -0.4 is 10.7 Å². The minimum atomic E-state index is -0.316. The Balaban J connectivity index is 1.91. The smallest absolute Gasteiger partial charge is 0.307 e. The lowest BCUT2D eigenvalue weighted by atomic mass is 10.00. The molecule has 19 heavy (non-hydrogen) atoms. The highest BCUT2D eigenvalue weighted by molar-refractivity contribution is 5.88. The molecular formula is C14H20FN3O. The van der Waals surface area contributed by atoms with Crippen LogP contribution in [0.25, 0.3) is 0 Å². The van der Waals surface area contributed by atoms with Gasteiger partial charge in [0.2, 0.25) is 0 Å². The number of carbonyl (C=O) groups excluding carboxylic acids is 1. The fraction of sp³-hybridized carbons (Fsp3) is 0.500. The van der Waals surface area contributed by atoms with Crippen molar-refractivity contribution in [1.82, 2.24) is 10.4 Å². The number of halogens is 1. The second-order valence-corrected chi connectivity index (χ2v) is 5.11. The fourth-order valence-corrected chi connectivity index (χ4v) is 2.45. The Morgan fingerprint density at radius 1 is 1.21 bits per heavy atom. The maximum atomic E-state index is 12.8. The molecule has 0 aromatic heterocycles. The van der Waals surface area contributed by atoms with Gasteiger partial charge in [-0.25, -0.2) is 14.2 Å². The lowest BCUT2D eigenvalue weighted by Gasteiger charge is -2.38. The van der Waals surface area contributed by atoms with E-state index in [0.29, 0.717) is 17.8 Å². The summed E-state index contributed by atoms with van der Waals surface area (Å²) in [6, 6.07) is 6.11. The molecule has 1 aliphatic heterocycles. The summed E-state index contributed by atoms with van der Waals surface area (Å²) in [6.45, 7) is 4.21. The predicted octanol–water partition coefficient (Wildman–Crippen LogP) is 3.13. The minimum absolute atomic E-state index is 0.285. The number of urea groups is 1. The highest BCUT2D eigenvalue weighted by atomic mass is 19.1. The normalized spacial score (nSPS) is 23.9. The van der Waals surface area contributed by atoms with E-state index < -0.39 is 0 Å². The summed E-state index contributed by atoms with van der Waals surface area (Å²) in [5.74, 6) is -0.316. The molecule has 0 saturated carbocycles. The summed E-state index contributed by atoms with van der Waals surface area (Å²) in [7, 11) is 0. The minimum Gasteiger partial charge on any atom is -0.307 e. The van der Waals surface area contributed by atoms with Crippen molar-refractivity contribution in [3.8, 4) is 0 Å². The van der Waals surface area contributed by atoms with Gasteiger partial charge in [0.05, 0.1) is 0 Å². The molecule has 0 unspecified atom stereocenters. The molecule has 0 radical (unpaired) electrons. The maximum Gasteiger partial charge on any atom is 0.333 e.